The Morgan fingerprint density at radius 3 is 2.75 bits per heavy atom. The molecule has 0 spiro atoms. The number of nitrogens with one attached hydrogen (secondary N) is 1. The normalized spacial score (nSPS) is 23.3. The lowest BCUT2D eigenvalue weighted by atomic mass is 10.0. The summed E-state index contributed by atoms with van der Waals surface area (Å²) in [6.07, 6.45) is 3.83. The maximum absolute atomic E-state index is 9.06. The maximum atomic E-state index is 9.06. The van der Waals surface area contributed by atoms with Crippen LogP contribution in [0.25, 0.3) is 0 Å². The summed E-state index contributed by atoms with van der Waals surface area (Å²) in [4.78, 5) is 5.10. The minimum absolute atomic E-state index is 0.561. The molecule has 0 aliphatic carbocycles. The van der Waals surface area contributed by atoms with Crippen molar-refractivity contribution in [2.75, 3.05) is 40.3 Å². The second-order valence-electron chi connectivity index (χ2n) is 7.04. The van der Waals surface area contributed by atoms with Gasteiger partial charge in [-0.05, 0) is 57.1 Å². The van der Waals surface area contributed by atoms with Crippen LogP contribution in [-0.4, -0.2) is 62.2 Å². The second kappa shape index (κ2) is 7.98. The lowest BCUT2D eigenvalue weighted by Crippen LogP contribution is -2.43. The van der Waals surface area contributed by atoms with E-state index in [1.54, 1.807) is 7.11 Å². The monoisotopic (exact) mass is 328 g/mol. The van der Waals surface area contributed by atoms with E-state index in [1.165, 1.54) is 44.5 Å². The van der Waals surface area contributed by atoms with E-state index in [4.69, 9.17) is 10.00 Å². The van der Waals surface area contributed by atoms with Crippen molar-refractivity contribution < 1.29 is 4.74 Å². The van der Waals surface area contributed by atoms with Crippen molar-refractivity contribution in [3.63, 3.8) is 0 Å². The molecule has 3 rings (SSSR count). The Labute approximate surface area is 145 Å². The summed E-state index contributed by atoms with van der Waals surface area (Å²) in [6, 6.07) is 9.31. The van der Waals surface area contributed by atoms with Crippen LogP contribution in [0.2, 0.25) is 0 Å². The van der Waals surface area contributed by atoms with Crippen molar-refractivity contribution in [1.29, 1.82) is 5.26 Å². The van der Waals surface area contributed by atoms with Gasteiger partial charge in [0, 0.05) is 31.7 Å². The Hall–Kier alpha value is -1.61. The maximum Gasteiger partial charge on any atom is 0.136 e. The largest absolute Gasteiger partial charge is 0.495 e. The molecule has 5 nitrogen and oxygen atoms in total. The lowest BCUT2D eigenvalue weighted by Gasteiger charge is -2.35. The molecular formula is C19H28N4O. The molecule has 0 aromatic heterocycles. The average molecular weight is 328 g/mol. The van der Waals surface area contributed by atoms with Gasteiger partial charge in [0.1, 0.15) is 11.8 Å². The smallest absolute Gasteiger partial charge is 0.136 e. The summed E-state index contributed by atoms with van der Waals surface area (Å²) < 4.78 is 5.29. The van der Waals surface area contributed by atoms with Gasteiger partial charge in [-0.1, -0.05) is 6.07 Å². The van der Waals surface area contributed by atoms with E-state index in [0.717, 1.165) is 19.1 Å². The topological polar surface area (TPSA) is 51.5 Å². The summed E-state index contributed by atoms with van der Waals surface area (Å²) in [7, 11) is 3.83. The number of ether oxygens (including phenoxy) is 1. The minimum Gasteiger partial charge on any atom is -0.495 e. The molecule has 0 bridgehead atoms. The van der Waals surface area contributed by atoms with Crippen LogP contribution in [0.15, 0.2) is 18.2 Å². The number of nitrogens with zero attached hydrogens (tertiary/aromatic N) is 3. The van der Waals surface area contributed by atoms with E-state index < -0.39 is 0 Å². The molecule has 2 aliphatic rings. The molecule has 0 amide bonds. The van der Waals surface area contributed by atoms with Crippen LogP contribution in [-0.2, 0) is 6.54 Å². The Kier molecular flexibility index (Phi) is 5.72. The van der Waals surface area contributed by atoms with Crippen molar-refractivity contribution in [2.24, 2.45) is 0 Å². The number of likely N-dealkylation sites (tertiary alicyclic amines) is 2. The predicted molar refractivity (Wildman–Crippen MR) is 95.0 cm³/mol. The van der Waals surface area contributed by atoms with E-state index in [9.17, 15) is 0 Å². The third-order valence-corrected chi connectivity index (χ3v) is 5.41. The number of hydrogen-bond acceptors (Lipinski definition) is 5. The molecule has 2 heterocycles. The summed E-state index contributed by atoms with van der Waals surface area (Å²) >= 11 is 0. The number of hydrogen-bond donors (Lipinski definition) is 1. The van der Waals surface area contributed by atoms with E-state index in [1.807, 2.05) is 18.2 Å². The highest BCUT2D eigenvalue weighted by molar-refractivity contribution is 5.45. The first-order valence-corrected chi connectivity index (χ1v) is 8.92. The van der Waals surface area contributed by atoms with E-state index in [-0.39, 0.29) is 0 Å². The molecule has 24 heavy (non-hydrogen) atoms. The van der Waals surface area contributed by atoms with Crippen LogP contribution >= 0.6 is 0 Å². The number of nitriles is 1. The van der Waals surface area contributed by atoms with Gasteiger partial charge in [-0.15, -0.1) is 0 Å². The van der Waals surface area contributed by atoms with E-state index >= 15 is 0 Å². The molecule has 2 fully saturated rings. The quantitative estimate of drug-likeness (QED) is 0.894. The summed E-state index contributed by atoms with van der Waals surface area (Å²) in [6.45, 7) is 5.65. The van der Waals surface area contributed by atoms with Crippen molar-refractivity contribution >= 4 is 0 Å². The Balaban J connectivity index is 1.49. The molecule has 2 aliphatic heterocycles. The van der Waals surface area contributed by atoms with Gasteiger partial charge in [0.05, 0.1) is 12.7 Å². The van der Waals surface area contributed by atoms with Gasteiger partial charge < -0.3 is 15.0 Å². The SMILES string of the molecule is COc1cc(CNC2CCN(C3CCN(C)CC3)C2)ccc1C#N. The molecule has 1 unspecified atom stereocenters. The van der Waals surface area contributed by atoms with Crippen molar-refractivity contribution in [2.45, 2.75) is 37.9 Å². The van der Waals surface area contributed by atoms with Crippen LogP contribution < -0.4 is 10.1 Å². The lowest BCUT2D eigenvalue weighted by molar-refractivity contribution is 0.141. The summed E-state index contributed by atoms with van der Waals surface area (Å²) in [5.74, 6) is 0.663. The summed E-state index contributed by atoms with van der Waals surface area (Å²) in [5.41, 5.74) is 1.76. The molecule has 130 valence electrons. The molecule has 1 N–H and O–H groups in total. The van der Waals surface area contributed by atoms with Gasteiger partial charge in [0.25, 0.3) is 0 Å². The van der Waals surface area contributed by atoms with Gasteiger partial charge in [0.15, 0.2) is 0 Å². The molecule has 0 saturated carbocycles. The van der Waals surface area contributed by atoms with Crippen LogP contribution in [0.4, 0.5) is 0 Å². The fourth-order valence-electron chi connectivity index (χ4n) is 3.85. The third-order valence-electron chi connectivity index (χ3n) is 5.41. The number of piperidine rings is 1. The fourth-order valence-corrected chi connectivity index (χ4v) is 3.85. The zero-order chi connectivity index (χ0) is 16.9. The number of methoxy groups -OCH3 is 1. The third kappa shape index (κ3) is 4.07. The fraction of sp³-hybridized carbons (Fsp3) is 0.632. The van der Waals surface area contributed by atoms with Crippen LogP contribution in [0.1, 0.15) is 30.4 Å². The predicted octanol–water partition coefficient (Wildman–Crippen LogP) is 1.82. The highest BCUT2D eigenvalue weighted by atomic mass is 16.5. The van der Waals surface area contributed by atoms with Crippen LogP contribution in [0.3, 0.4) is 0 Å². The van der Waals surface area contributed by atoms with Gasteiger partial charge in [0.2, 0.25) is 0 Å². The minimum atomic E-state index is 0.561. The molecule has 1 atom stereocenters. The Bertz CT molecular complexity index is 590. The first kappa shape index (κ1) is 17.2. The van der Waals surface area contributed by atoms with E-state index in [2.05, 4.69) is 28.2 Å². The number of rotatable bonds is 5. The van der Waals surface area contributed by atoms with Gasteiger partial charge in [-0.2, -0.15) is 5.26 Å². The highest BCUT2D eigenvalue weighted by Gasteiger charge is 2.29. The van der Waals surface area contributed by atoms with Gasteiger partial charge >= 0.3 is 0 Å². The van der Waals surface area contributed by atoms with Gasteiger partial charge in [-0.25, -0.2) is 0 Å². The summed E-state index contributed by atoms with van der Waals surface area (Å²) in [5, 5.41) is 12.7. The molecule has 1 aromatic rings. The van der Waals surface area contributed by atoms with Gasteiger partial charge in [-0.3, -0.25) is 4.90 Å². The molecule has 1 aromatic carbocycles. The van der Waals surface area contributed by atoms with Crippen molar-refractivity contribution in [1.82, 2.24) is 15.1 Å². The first-order valence-electron chi connectivity index (χ1n) is 8.92. The zero-order valence-electron chi connectivity index (χ0n) is 14.8. The average Bonchev–Trinajstić information content (AvgIpc) is 3.09. The van der Waals surface area contributed by atoms with Crippen LogP contribution in [0.5, 0.6) is 5.75 Å². The van der Waals surface area contributed by atoms with Crippen molar-refractivity contribution in [3.8, 4) is 11.8 Å². The Morgan fingerprint density at radius 1 is 1.25 bits per heavy atom. The first-order chi connectivity index (χ1) is 11.7. The zero-order valence-corrected chi connectivity index (χ0v) is 14.8. The molecule has 2 saturated heterocycles. The van der Waals surface area contributed by atoms with E-state index in [0.29, 0.717) is 17.4 Å². The number of benzene rings is 1. The van der Waals surface area contributed by atoms with Crippen LogP contribution in [0, 0.1) is 11.3 Å². The molecule has 5 heteroatoms. The Morgan fingerprint density at radius 2 is 2.04 bits per heavy atom. The highest BCUT2D eigenvalue weighted by Crippen LogP contribution is 2.22. The van der Waals surface area contributed by atoms with Crippen molar-refractivity contribution in [3.05, 3.63) is 29.3 Å². The standard InChI is InChI=1S/C19H28N4O/c1-22-8-6-18(7-9-22)23-10-5-17(14-23)21-13-15-3-4-16(12-20)19(11-15)24-2/h3-4,11,17-18,21H,5-10,13-14H2,1-2H3. The second-order valence-corrected chi connectivity index (χ2v) is 7.04. The molecule has 0 radical (unpaired) electrons. The molecular weight excluding hydrogens is 300 g/mol.